The Balaban J connectivity index is 2.15. The van der Waals surface area contributed by atoms with Gasteiger partial charge in [0, 0.05) is 11.1 Å². The second-order valence-corrected chi connectivity index (χ2v) is 8.66. The number of carbonyl (C=O) groups is 2. The van der Waals surface area contributed by atoms with Crippen LogP contribution in [0.15, 0.2) is 41.0 Å². The van der Waals surface area contributed by atoms with Crippen molar-refractivity contribution in [2.75, 3.05) is 11.5 Å². The van der Waals surface area contributed by atoms with E-state index in [2.05, 4.69) is 13.0 Å². The van der Waals surface area contributed by atoms with Gasteiger partial charge in [-0.25, -0.2) is 4.79 Å². The maximum Gasteiger partial charge on any atom is 0.339 e. The SMILES string of the molecule is CCOC(=O)C1=C(C)OC(N)=C(C#N)[C@@]12C(=O)N1c3c(cccc32)[C@@H](C)CC1(C)C. The predicted octanol–water partition coefficient (Wildman–Crippen LogP) is 3.12. The van der Waals surface area contributed by atoms with Crippen molar-refractivity contribution in [3.63, 3.8) is 0 Å². The molecule has 0 unspecified atom stereocenters. The second-order valence-electron chi connectivity index (χ2n) is 8.66. The number of hydrogen-bond acceptors (Lipinski definition) is 6. The molecule has 1 aromatic rings. The van der Waals surface area contributed by atoms with E-state index in [1.54, 1.807) is 24.8 Å². The number of ether oxygens (including phenoxy) is 2. The summed E-state index contributed by atoms with van der Waals surface area (Å²) < 4.78 is 10.8. The lowest BCUT2D eigenvalue weighted by Gasteiger charge is -2.44. The molecule has 0 saturated heterocycles. The molecule has 1 amide bonds. The molecular weight excluding hydrogens is 382 g/mol. The van der Waals surface area contributed by atoms with Gasteiger partial charge in [-0.1, -0.05) is 25.1 Å². The Morgan fingerprint density at radius 3 is 2.77 bits per heavy atom. The van der Waals surface area contributed by atoms with Gasteiger partial charge in [0.25, 0.3) is 0 Å². The first-order chi connectivity index (χ1) is 14.1. The third-order valence-corrected chi connectivity index (χ3v) is 6.36. The molecule has 0 saturated carbocycles. The zero-order valence-electron chi connectivity index (χ0n) is 17.8. The van der Waals surface area contributed by atoms with Crippen molar-refractivity contribution < 1.29 is 19.1 Å². The Labute approximate surface area is 175 Å². The molecule has 0 aliphatic carbocycles. The van der Waals surface area contributed by atoms with Crippen molar-refractivity contribution in [2.24, 2.45) is 5.73 Å². The Kier molecular flexibility index (Phi) is 4.25. The normalized spacial score (nSPS) is 26.5. The van der Waals surface area contributed by atoms with Crippen LogP contribution in [0.25, 0.3) is 0 Å². The molecule has 7 heteroatoms. The number of rotatable bonds is 2. The number of fused-ring (bicyclic) bond motifs is 1. The fourth-order valence-electron chi connectivity index (χ4n) is 5.39. The summed E-state index contributed by atoms with van der Waals surface area (Å²) >= 11 is 0. The van der Waals surface area contributed by atoms with Crippen LogP contribution in [0.2, 0.25) is 0 Å². The van der Waals surface area contributed by atoms with Crippen molar-refractivity contribution in [2.45, 2.75) is 57.9 Å². The van der Waals surface area contributed by atoms with Crippen molar-refractivity contribution in [1.82, 2.24) is 0 Å². The Morgan fingerprint density at radius 1 is 1.43 bits per heavy atom. The molecule has 0 aromatic heterocycles. The topological polar surface area (TPSA) is 106 Å². The molecule has 156 valence electrons. The molecule has 0 bridgehead atoms. The third kappa shape index (κ3) is 2.25. The Bertz CT molecular complexity index is 1090. The van der Waals surface area contributed by atoms with Crippen LogP contribution in [-0.2, 0) is 24.5 Å². The summed E-state index contributed by atoms with van der Waals surface area (Å²) in [5, 5.41) is 10.1. The molecule has 4 rings (SSSR count). The maximum absolute atomic E-state index is 14.2. The van der Waals surface area contributed by atoms with Gasteiger partial charge in [-0.05, 0) is 45.6 Å². The number of nitrogens with zero attached hydrogens (tertiary/aromatic N) is 2. The van der Waals surface area contributed by atoms with E-state index in [4.69, 9.17) is 15.2 Å². The number of carbonyl (C=O) groups excluding carboxylic acids is 2. The molecule has 7 nitrogen and oxygen atoms in total. The van der Waals surface area contributed by atoms with Gasteiger partial charge >= 0.3 is 5.97 Å². The lowest BCUT2D eigenvalue weighted by molar-refractivity contribution is -0.141. The fourth-order valence-corrected chi connectivity index (χ4v) is 5.39. The van der Waals surface area contributed by atoms with Crippen LogP contribution in [0.4, 0.5) is 5.69 Å². The largest absolute Gasteiger partial charge is 0.462 e. The van der Waals surface area contributed by atoms with Crippen molar-refractivity contribution in [3.05, 3.63) is 52.1 Å². The maximum atomic E-state index is 14.2. The minimum Gasteiger partial charge on any atom is -0.462 e. The molecule has 3 aliphatic rings. The van der Waals surface area contributed by atoms with E-state index in [-0.39, 0.29) is 41.2 Å². The number of nitrogens with two attached hydrogens (primary N) is 1. The highest BCUT2D eigenvalue weighted by atomic mass is 16.5. The van der Waals surface area contributed by atoms with Crippen LogP contribution in [-0.4, -0.2) is 24.0 Å². The average Bonchev–Trinajstić information content (AvgIpc) is 2.91. The van der Waals surface area contributed by atoms with Gasteiger partial charge in [-0.3, -0.25) is 4.79 Å². The van der Waals surface area contributed by atoms with Crippen LogP contribution in [0.5, 0.6) is 0 Å². The quantitative estimate of drug-likeness (QED) is 0.755. The monoisotopic (exact) mass is 407 g/mol. The van der Waals surface area contributed by atoms with Gasteiger partial charge in [0.2, 0.25) is 11.8 Å². The lowest BCUT2D eigenvalue weighted by atomic mass is 9.68. The standard InChI is InChI=1S/C23H25N3O4/c1-6-29-20(27)17-13(3)30-19(25)16(11-24)23(17)15-9-7-8-14-12(2)10-22(4,5)26(18(14)15)21(23)28/h7-9,12H,6,10,25H2,1-5H3/t12-,23+/m0/s1. The van der Waals surface area contributed by atoms with Gasteiger partial charge < -0.3 is 20.1 Å². The Hall–Kier alpha value is -3.27. The lowest BCUT2D eigenvalue weighted by Crippen LogP contribution is -2.55. The summed E-state index contributed by atoms with van der Waals surface area (Å²) in [5.41, 5.74) is 6.20. The molecular formula is C23H25N3O4. The molecule has 2 atom stereocenters. The molecule has 3 aliphatic heterocycles. The molecule has 30 heavy (non-hydrogen) atoms. The first kappa shape index (κ1) is 20.0. The van der Waals surface area contributed by atoms with E-state index in [0.717, 1.165) is 17.7 Å². The van der Waals surface area contributed by atoms with E-state index in [0.29, 0.717) is 5.56 Å². The number of allylic oxidation sites excluding steroid dienone is 1. The van der Waals surface area contributed by atoms with Gasteiger partial charge in [0.15, 0.2) is 5.41 Å². The molecule has 1 aromatic carbocycles. The van der Waals surface area contributed by atoms with Crippen LogP contribution in [0.1, 0.15) is 58.1 Å². The minimum atomic E-state index is -1.68. The highest BCUT2D eigenvalue weighted by molar-refractivity contribution is 6.20. The van der Waals surface area contributed by atoms with E-state index in [1.165, 1.54) is 0 Å². The summed E-state index contributed by atoms with van der Waals surface area (Å²) in [6.07, 6.45) is 0.750. The summed E-state index contributed by atoms with van der Waals surface area (Å²) in [4.78, 5) is 29.1. The minimum absolute atomic E-state index is 0.0198. The predicted molar refractivity (Wildman–Crippen MR) is 110 cm³/mol. The molecule has 3 heterocycles. The number of anilines is 1. The van der Waals surface area contributed by atoms with E-state index >= 15 is 0 Å². The first-order valence-electron chi connectivity index (χ1n) is 10.1. The number of benzene rings is 1. The van der Waals surface area contributed by atoms with E-state index in [9.17, 15) is 14.9 Å². The number of amides is 1. The first-order valence-corrected chi connectivity index (χ1v) is 10.1. The van der Waals surface area contributed by atoms with Gasteiger partial charge in [-0.15, -0.1) is 0 Å². The summed E-state index contributed by atoms with van der Waals surface area (Å²) in [7, 11) is 0. The fraction of sp³-hybridized carbons (Fsp3) is 0.435. The van der Waals surface area contributed by atoms with Crippen LogP contribution in [0, 0.1) is 11.3 Å². The Morgan fingerprint density at radius 2 is 2.13 bits per heavy atom. The summed E-state index contributed by atoms with van der Waals surface area (Å²) in [5.74, 6) is -0.850. The highest BCUT2D eigenvalue weighted by Gasteiger charge is 2.65. The summed E-state index contributed by atoms with van der Waals surface area (Å²) in [6, 6.07) is 7.73. The van der Waals surface area contributed by atoms with E-state index in [1.807, 2.05) is 26.0 Å². The number of hydrogen-bond donors (Lipinski definition) is 1. The third-order valence-electron chi connectivity index (χ3n) is 6.36. The molecule has 0 radical (unpaired) electrons. The molecule has 2 N–H and O–H groups in total. The van der Waals surface area contributed by atoms with Gasteiger partial charge in [0.05, 0.1) is 12.3 Å². The smallest absolute Gasteiger partial charge is 0.339 e. The van der Waals surface area contributed by atoms with Gasteiger partial charge in [-0.2, -0.15) is 5.26 Å². The summed E-state index contributed by atoms with van der Waals surface area (Å²) in [6.45, 7) is 9.50. The van der Waals surface area contributed by atoms with Crippen LogP contribution in [0.3, 0.4) is 0 Å². The van der Waals surface area contributed by atoms with Crippen molar-refractivity contribution in [3.8, 4) is 6.07 Å². The number of para-hydroxylation sites is 1. The number of esters is 1. The zero-order valence-corrected chi connectivity index (χ0v) is 17.8. The zero-order chi connectivity index (χ0) is 22.0. The molecule has 0 fully saturated rings. The molecule has 1 spiro atoms. The van der Waals surface area contributed by atoms with Crippen LogP contribution >= 0.6 is 0 Å². The highest BCUT2D eigenvalue weighted by Crippen LogP contribution is 2.59. The number of nitriles is 1. The second kappa shape index (κ2) is 6.36. The van der Waals surface area contributed by atoms with E-state index < -0.39 is 16.9 Å². The average molecular weight is 407 g/mol. The van der Waals surface area contributed by atoms with Crippen molar-refractivity contribution in [1.29, 1.82) is 5.26 Å². The van der Waals surface area contributed by atoms with Crippen LogP contribution < -0.4 is 10.6 Å². The van der Waals surface area contributed by atoms with Gasteiger partial charge in [0.1, 0.15) is 23.0 Å². The van der Waals surface area contributed by atoms with Crippen molar-refractivity contribution >= 4 is 17.6 Å².